The molecule has 0 spiro atoms. The lowest BCUT2D eigenvalue weighted by Gasteiger charge is -2.20. The van der Waals surface area contributed by atoms with Gasteiger partial charge >= 0.3 is 0 Å². The van der Waals surface area contributed by atoms with Gasteiger partial charge in [0.05, 0.1) is 0 Å². The van der Waals surface area contributed by atoms with E-state index in [1.165, 1.54) is 16.7 Å². The van der Waals surface area contributed by atoms with Crippen molar-refractivity contribution >= 4 is 19.7 Å². The molecule has 0 aliphatic carbocycles. The zero-order valence-electron chi connectivity index (χ0n) is 13.2. The molecule has 0 aromatic heterocycles. The van der Waals surface area contributed by atoms with Crippen LogP contribution in [0.15, 0.2) is 48.5 Å². The van der Waals surface area contributed by atoms with Crippen molar-refractivity contribution in [2.24, 2.45) is 0 Å². The van der Waals surface area contributed by atoms with E-state index in [0.717, 1.165) is 11.7 Å². The normalized spacial score (nSPS) is 11.2. The van der Waals surface area contributed by atoms with Gasteiger partial charge in [0.1, 0.15) is 0 Å². The summed E-state index contributed by atoms with van der Waals surface area (Å²) in [5, 5.41) is 2.96. The highest BCUT2D eigenvalue weighted by Gasteiger charge is 2.17. The van der Waals surface area contributed by atoms with Gasteiger partial charge < -0.3 is 5.32 Å². The van der Waals surface area contributed by atoms with E-state index in [-0.39, 0.29) is 5.91 Å². The first-order chi connectivity index (χ1) is 9.85. The van der Waals surface area contributed by atoms with Gasteiger partial charge in [0.2, 0.25) is 5.91 Å². The number of hydrogen-bond acceptors (Lipinski definition) is 1. The highest BCUT2D eigenvalue weighted by atomic mass is 28.3. The van der Waals surface area contributed by atoms with E-state index in [0.29, 0.717) is 0 Å². The van der Waals surface area contributed by atoms with Crippen molar-refractivity contribution in [3.05, 3.63) is 54.1 Å². The molecule has 2 aromatic rings. The summed E-state index contributed by atoms with van der Waals surface area (Å²) in [6.07, 6.45) is 0. The number of amides is 1. The quantitative estimate of drug-likeness (QED) is 0.812. The number of benzene rings is 2. The molecule has 2 nitrogen and oxygen atoms in total. The Hall–Kier alpha value is -1.87. The molecule has 3 heteroatoms. The highest BCUT2D eigenvalue weighted by molar-refractivity contribution is 6.75. The Kier molecular flexibility index (Phi) is 4.63. The van der Waals surface area contributed by atoms with Crippen LogP contribution in [0.25, 0.3) is 11.1 Å². The molecule has 2 rings (SSSR count). The highest BCUT2D eigenvalue weighted by Crippen LogP contribution is 2.27. The van der Waals surface area contributed by atoms with Crippen LogP contribution < -0.4 is 5.32 Å². The molecule has 110 valence electrons. The van der Waals surface area contributed by atoms with Crippen molar-refractivity contribution < 1.29 is 4.79 Å². The number of nitrogens with one attached hydrogen (secondary N) is 1. The largest absolute Gasteiger partial charge is 0.326 e. The van der Waals surface area contributed by atoms with E-state index in [1.54, 1.807) is 6.92 Å². The Morgan fingerprint density at radius 1 is 1.00 bits per heavy atom. The van der Waals surface area contributed by atoms with Gasteiger partial charge in [-0.25, -0.2) is 0 Å². The molecule has 0 fully saturated rings. The summed E-state index contributed by atoms with van der Waals surface area (Å²) in [5.74, 6) is -0.0145. The van der Waals surface area contributed by atoms with E-state index < -0.39 is 8.07 Å². The van der Waals surface area contributed by atoms with Crippen LogP contribution in [0.2, 0.25) is 19.6 Å². The maximum atomic E-state index is 11.4. The second kappa shape index (κ2) is 6.27. The molecule has 0 bridgehead atoms. The standard InChI is InChI=1S/C18H23NOSi/c1-14(20)19-18-11-10-16(15-8-6-5-7-9-15)12-17(18)13-21(2,3)4/h5-12H,13H2,1-4H3,(H,19,20). The maximum absolute atomic E-state index is 11.4. The molecule has 0 aliphatic heterocycles. The SMILES string of the molecule is CC(=O)Nc1ccc(-c2ccccc2)cc1C[Si](C)(C)C. The minimum absolute atomic E-state index is 0.0145. The summed E-state index contributed by atoms with van der Waals surface area (Å²) >= 11 is 0. The Labute approximate surface area is 128 Å². The molecular formula is C18H23NOSi. The zero-order valence-corrected chi connectivity index (χ0v) is 14.2. The summed E-state index contributed by atoms with van der Waals surface area (Å²) in [7, 11) is -1.26. The molecular weight excluding hydrogens is 274 g/mol. The van der Waals surface area contributed by atoms with Crippen LogP contribution in [0.4, 0.5) is 5.69 Å². The minimum atomic E-state index is -1.26. The number of hydrogen-bond donors (Lipinski definition) is 1. The molecule has 0 heterocycles. The van der Waals surface area contributed by atoms with Crippen LogP contribution in [0.5, 0.6) is 0 Å². The monoisotopic (exact) mass is 297 g/mol. The second-order valence-corrected chi connectivity index (χ2v) is 12.1. The van der Waals surface area contributed by atoms with Crippen molar-refractivity contribution in [2.45, 2.75) is 32.6 Å². The van der Waals surface area contributed by atoms with E-state index in [1.807, 2.05) is 12.1 Å². The average molecular weight is 297 g/mol. The van der Waals surface area contributed by atoms with Crippen molar-refractivity contribution in [2.75, 3.05) is 5.32 Å². The van der Waals surface area contributed by atoms with Crippen LogP contribution in [-0.2, 0) is 10.8 Å². The molecule has 0 atom stereocenters. The predicted octanol–water partition coefficient (Wildman–Crippen LogP) is 4.73. The van der Waals surface area contributed by atoms with Gasteiger partial charge in [0.25, 0.3) is 0 Å². The van der Waals surface area contributed by atoms with E-state index >= 15 is 0 Å². The third-order valence-corrected chi connectivity index (χ3v) is 4.69. The van der Waals surface area contributed by atoms with Crippen molar-refractivity contribution in [3.63, 3.8) is 0 Å². The lowest BCUT2D eigenvalue weighted by atomic mass is 10.0. The zero-order chi connectivity index (χ0) is 15.5. The van der Waals surface area contributed by atoms with Gasteiger partial charge in [0, 0.05) is 20.7 Å². The average Bonchev–Trinajstić information content (AvgIpc) is 2.39. The smallest absolute Gasteiger partial charge is 0.221 e. The van der Waals surface area contributed by atoms with Gasteiger partial charge in [-0.05, 0) is 34.9 Å². The van der Waals surface area contributed by atoms with Gasteiger partial charge in [-0.15, -0.1) is 0 Å². The predicted molar refractivity (Wildman–Crippen MR) is 93.2 cm³/mol. The number of anilines is 1. The third kappa shape index (κ3) is 4.57. The molecule has 0 unspecified atom stereocenters. The van der Waals surface area contributed by atoms with Gasteiger partial charge in [0.15, 0.2) is 0 Å². The van der Waals surface area contributed by atoms with E-state index in [9.17, 15) is 4.79 Å². The summed E-state index contributed by atoms with van der Waals surface area (Å²) in [4.78, 5) is 11.4. The summed E-state index contributed by atoms with van der Waals surface area (Å²) in [5.41, 5.74) is 4.61. The van der Waals surface area contributed by atoms with Gasteiger partial charge in [-0.3, -0.25) is 4.79 Å². The fourth-order valence-corrected chi connectivity index (χ4v) is 3.87. The van der Waals surface area contributed by atoms with Crippen LogP contribution in [-0.4, -0.2) is 14.0 Å². The van der Waals surface area contributed by atoms with Gasteiger partial charge in [-0.1, -0.05) is 56.0 Å². The van der Waals surface area contributed by atoms with Crippen LogP contribution in [0, 0.1) is 0 Å². The van der Waals surface area contributed by atoms with Crippen LogP contribution in [0.3, 0.4) is 0 Å². The van der Waals surface area contributed by atoms with Gasteiger partial charge in [-0.2, -0.15) is 0 Å². The van der Waals surface area contributed by atoms with Crippen molar-refractivity contribution in [1.29, 1.82) is 0 Å². The third-order valence-electron chi connectivity index (χ3n) is 3.24. The van der Waals surface area contributed by atoms with Crippen LogP contribution >= 0.6 is 0 Å². The second-order valence-electron chi connectivity index (χ2n) is 6.66. The molecule has 0 saturated carbocycles. The van der Waals surface area contributed by atoms with Crippen molar-refractivity contribution in [1.82, 2.24) is 0 Å². The Morgan fingerprint density at radius 3 is 2.24 bits per heavy atom. The fraction of sp³-hybridized carbons (Fsp3) is 0.278. The molecule has 0 radical (unpaired) electrons. The number of rotatable bonds is 4. The molecule has 21 heavy (non-hydrogen) atoms. The number of carbonyl (C=O) groups is 1. The summed E-state index contributed by atoms with van der Waals surface area (Å²) in [6, 6.07) is 17.7. The Morgan fingerprint density at radius 2 is 1.67 bits per heavy atom. The Bertz CT molecular complexity index is 629. The fourth-order valence-electron chi connectivity index (χ4n) is 2.43. The summed E-state index contributed by atoms with van der Waals surface area (Å²) in [6.45, 7) is 8.60. The number of carbonyl (C=O) groups excluding carboxylic acids is 1. The minimum Gasteiger partial charge on any atom is -0.326 e. The topological polar surface area (TPSA) is 29.1 Å². The van der Waals surface area contributed by atoms with E-state index in [4.69, 9.17) is 0 Å². The molecule has 0 aliphatic rings. The first-order valence-corrected chi connectivity index (χ1v) is 11.0. The molecule has 1 N–H and O–H groups in total. The first-order valence-electron chi connectivity index (χ1n) is 7.31. The molecule has 0 saturated heterocycles. The Balaban J connectivity index is 2.43. The van der Waals surface area contributed by atoms with Crippen molar-refractivity contribution in [3.8, 4) is 11.1 Å². The molecule has 2 aromatic carbocycles. The molecule has 1 amide bonds. The first kappa shape index (κ1) is 15.5. The maximum Gasteiger partial charge on any atom is 0.221 e. The lowest BCUT2D eigenvalue weighted by molar-refractivity contribution is -0.114. The lowest BCUT2D eigenvalue weighted by Crippen LogP contribution is -2.25. The van der Waals surface area contributed by atoms with E-state index in [2.05, 4.69) is 61.4 Å². The van der Waals surface area contributed by atoms with Crippen LogP contribution in [0.1, 0.15) is 12.5 Å². The summed E-state index contributed by atoms with van der Waals surface area (Å²) < 4.78 is 0.